The van der Waals surface area contributed by atoms with Crippen LogP contribution in [0.2, 0.25) is 0 Å². The summed E-state index contributed by atoms with van der Waals surface area (Å²) in [6.07, 6.45) is 0.120. The monoisotopic (exact) mass is 716 g/mol. The minimum absolute atomic E-state index is 0.211. The van der Waals surface area contributed by atoms with Crippen molar-refractivity contribution < 1.29 is 24.3 Å². The number of carbonyl (C=O) groups excluding carboxylic acids is 2. The summed E-state index contributed by atoms with van der Waals surface area (Å²) in [5.41, 5.74) is 7.45. The molecule has 6 aromatic rings. The molecule has 2 N–H and O–H groups in total. The number of hydrogen-bond donors (Lipinski definition) is 2. The van der Waals surface area contributed by atoms with Gasteiger partial charge < -0.3 is 10.0 Å². The lowest BCUT2D eigenvalue weighted by atomic mass is 9.80. The third-order valence-electron chi connectivity index (χ3n) is 9.84. The highest BCUT2D eigenvalue weighted by Gasteiger charge is 2.42. The highest BCUT2D eigenvalue weighted by Crippen LogP contribution is 2.40. The number of nitrogens with zero attached hydrogens (tertiary/aromatic N) is 1. The zero-order chi connectivity index (χ0) is 37.8. The Balaban J connectivity index is 1.37. The molecule has 0 bridgehead atoms. The number of rotatable bonds is 16. The van der Waals surface area contributed by atoms with Gasteiger partial charge in [0.1, 0.15) is 0 Å². The number of hydroxylamine groups is 1. The third-order valence-corrected chi connectivity index (χ3v) is 9.84. The molecule has 7 nitrogen and oxygen atoms in total. The lowest BCUT2D eigenvalue weighted by Gasteiger charge is -2.36. The number of carboxylic acids is 1. The third kappa shape index (κ3) is 8.65. The molecule has 0 heterocycles. The van der Waals surface area contributed by atoms with Gasteiger partial charge in [0.05, 0.1) is 18.3 Å². The zero-order valence-corrected chi connectivity index (χ0v) is 30.3. The molecule has 0 aliphatic carbocycles. The predicted molar refractivity (Wildman–Crippen MR) is 212 cm³/mol. The van der Waals surface area contributed by atoms with E-state index >= 15 is 0 Å². The summed E-state index contributed by atoms with van der Waals surface area (Å²) in [5.74, 6) is -4.43. The van der Waals surface area contributed by atoms with Crippen molar-refractivity contribution in [1.82, 2.24) is 5.48 Å². The molecule has 2 unspecified atom stereocenters. The van der Waals surface area contributed by atoms with Crippen molar-refractivity contribution >= 4 is 23.5 Å². The van der Waals surface area contributed by atoms with Crippen LogP contribution in [0.3, 0.4) is 0 Å². The first kappa shape index (κ1) is 37.4. The van der Waals surface area contributed by atoms with Crippen LogP contribution in [-0.2, 0) is 31.2 Å². The van der Waals surface area contributed by atoms with Gasteiger partial charge in [0.2, 0.25) is 11.8 Å². The van der Waals surface area contributed by atoms with Crippen LogP contribution in [0.4, 0.5) is 5.69 Å². The van der Waals surface area contributed by atoms with E-state index in [0.717, 1.165) is 33.4 Å². The fourth-order valence-corrected chi connectivity index (χ4v) is 7.10. The molecule has 0 saturated heterocycles. The van der Waals surface area contributed by atoms with Gasteiger partial charge in [-0.15, -0.1) is 0 Å². The summed E-state index contributed by atoms with van der Waals surface area (Å²) in [5, 5.41) is 10.2. The van der Waals surface area contributed by atoms with E-state index in [2.05, 4.69) is 5.48 Å². The number of hydrogen-bond acceptors (Lipinski definition) is 4. The van der Waals surface area contributed by atoms with E-state index in [1.807, 2.05) is 183 Å². The Hall–Kier alpha value is -6.31. The molecule has 54 heavy (non-hydrogen) atoms. The molecule has 272 valence electrons. The number of benzene rings is 6. The van der Waals surface area contributed by atoms with Crippen molar-refractivity contribution in [3.63, 3.8) is 0 Å². The van der Waals surface area contributed by atoms with Gasteiger partial charge >= 0.3 is 5.97 Å². The second kappa shape index (κ2) is 17.9. The standard InChI is InChI=1S/C47H44N2O5/c1-2-49(41-31-29-37(30-32-41)36-20-10-4-11-21-36)46(53)43(34-44(50)51)42(33-28-35-18-8-3-9-19-35)45(52)48-54-47(38-22-12-5-13-23-38,39-24-14-6-15-25-39)40-26-16-7-17-27-40/h3-27,29-32,42-43H,2,28,33-34H2,1H3,(H,48,52)(H,50,51). The molecule has 0 aliphatic heterocycles. The highest BCUT2D eigenvalue weighted by atomic mass is 16.7. The second-order valence-electron chi connectivity index (χ2n) is 13.2. The highest BCUT2D eigenvalue weighted by molar-refractivity contribution is 5.99. The molecule has 0 fully saturated rings. The minimum Gasteiger partial charge on any atom is -0.481 e. The summed E-state index contributed by atoms with van der Waals surface area (Å²) in [7, 11) is 0. The fraction of sp³-hybridized carbons (Fsp3) is 0.170. The van der Waals surface area contributed by atoms with Crippen molar-refractivity contribution in [2.75, 3.05) is 11.4 Å². The first-order valence-electron chi connectivity index (χ1n) is 18.3. The molecule has 0 aromatic heterocycles. The summed E-state index contributed by atoms with van der Waals surface area (Å²) in [6, 6.07) is 56.1. The molecule has 0 spiro atoms. The summed E-state index contributed by atoms with van der Waals surface area (Å²) < 4.78 is 0. The average molecular weight is 717 g/mol. The topological polar surface area (TPSA) is 95.9 Å². The summed E-state index contributed by atoms with van der Waals surface area (Å²) >= 11 is 0. The maximum atomic E-state index is 14.7. The van der Waals surface area contributed by atoms with Crippen LogP contribution in [-0.4, -0.2) is 29.4 Å². The predicted octanol–water partition coefficient (Wildman–Crippen LogP) is 9.09. The Labute approximate surface area is 316 Å². The van der Waals surface area contributed by atoms with Gasteiger partial charge in [-0.1, -0.05) is 164 Å². The van der Waals surface area contributed by atoms with E-state index < -0.39 is 41.6 Å². The molecular weight excluding hydrogens is 673 g/mol. The van der Waals surface area contributed by atoms with E-state index in [0.29, 0.717) is 12.1 Å². The first-order chi connectivity index (χ1) is 26.4. The molecule has 2 atom stereocenters. The van der Waals surface area contributed by atoms with E-state index in [-0.39, 0.29) is 13.0 Å². The Morgan fingerprint density at radius 3 is 1.52 bits per heavy atom. The number of nitrogens with one attached hydrogen (secondary N) is 1. The maximum Gasteiger partial charge on any atom is 0.304 e. The van der Waals surface area contributed by atoms with E-state index in [1.54, 1.807) is 4.90 Å². The van der Waals surface area contributed by atoms with Crippen molar-refractivity contribution in [2.24, 2.45) is 11.8 Å². The van der Waals surface area contributed by atoms with Crippen molar-refractivity contribution in [1.29, 1.82) is 0 Å². The molecular formula is C47H44N2O5. The van der Waals surface area contributed by atoms with Crippen LogP contribution in [0.1, 0.15) is 42.0 Å². The lowest BCUT2D eigenvalue weighted by molar-refractivity contribution is -0.153. The zero-order valence-electron chi connectivity index (χ0n) is 30.3. The lowest BCUT2D eigenvalue weighted by Crippen LogP contribution is -2.47. The van der Waals surface area contributed by atoms with Crippen LogP contribution in [0.5, 0.6) is 0 Å². The van der Waals surface area contributed by atoms with Crippen molar-refractivity contribution in [3.8, 4) is 11.1 Å². The SMILES string of the molecule is CCN(C(=O)C(CC(=O)O)C(CCc1ccccc1)C(=O)NOC(c1ccccc1)(c1ccccc1)c1ccccc1)c1ccc(-c2ccccc2)cc1. The van der Waals surface area contributed by atoms with E-state index in [4.69, 9.17) is 4.84 Å². The van der Waals surface area contributed by atoms with E-state index in [1.165, 1.54) is 0 Å². The van der Waals surface area contributed by atoms with Crippen LogP contribution in [0.15, 0.2) is 176 Å². The van der Waals surface area contributed by atoms with Crippen LogP contribution >= 0.6 is 0 Å². The van der Waals surface area contributed by atoms with Gasteiger partial charge in [0.15, 0.2) is 5.60 Å². The molecule has 6 rings (SSSR count). The normalized spacial score (nSPS) is 12.3. The largest absolute Gasteiger partial charge is 0.481 e. The van der Waals surface area contributed by atoms with Crippen LogP contribution < -0.4 is 10.4 Å². The number of amides is 2. The molecule has 0 radical (unpaired) electrons. The Morgan fingerprint density at radius 2 is 1.06 bits per heavy atom. The van der Waals surface area contributed by atoms with Crippen LogP contribution in [0, 0.1) is 11.8 Å². The van der Waals surface area contributed by atoms with Gasteiger partial charge in [-0.3, -0.25) is 19.2 Å². The number of carboxylic acid groups (broad SMARTS) is 1. The fourth-order valence-electron chi connectivity index (χ4n) is 7.10. The molecule has 2 amide bonds. The Morgan fingerprint density at radius 1 is 0.611 bits per heavy atom. The van der Waals surface area contributed by atoms with E-state index in [9.17, 15) is 19.5 Å². The molecule has 6 aromatic carbocycles. The van der Waals surface area contributed by atoms with Crippen molar-refractivity contribution in [2.45, 2.75) is 31.8 Å². The van der Waals surface area contributed by atoms with Gasteiger partial charge in [-0.05, 0) is 65.3 Å². The minimum atomic E-state index is -1.27. The number of carbonyl (C=O) groups is 3. The van der Waals surface area contributed by atoms with Gasteiger partial charge in [-0.2, -0.15) is 0 Å². The van der Waals surface area contributed by atoms with Crippen LogP contribution in [0.25, 0.3) is 11.1 Å². The van der Waals surface area contributed by atoms with Gasteiger partial charge in [-0.25, -0.2) is 5.48 Å². The van der Waals surface area contributed by atoms with Gasteiger partial charge in [0, 0.05) is 12.2 Å². The number of aryl methyl sites for hydroxylation is 1. The van der Waals surface area contributed by atoms with Crippen molar-refractivity contribution in [3.05, 3.63) is 198 Å². The summed E-state index contributed by atoms with van der Waals surface area (Å²) in [4.78, 5) is 50.1. The quantitative estimate of drug-likeness (QED) is 0.0770. The number of anilines is 1. The second-order valence-corrected chi connectivity index (χ2v) is 13.2. The molecule has 0 aliphatic rings. The average Bonchev–Trinajstić information content (AvgIpc) is 3.23. The summed E-state index contributed by atoms with van der Waals surface area (Å²) in [6.45, 7) is 2.12. The molecule has 0 saturated carbocycles. The maximum absolute atomic E-state index is 14.7. The Kier molecular flexibility index (Phi) is 12.4. The Bertz CT molecular complexity index is 2000. The number of aliphatic carboxylic acids is 1. The smallest absolute Gasteiger partial charge is 0.304 e. The van der Waals surface area contributed by atoms with Gasteiger partial charge in [0.25, 0.3) is 0 Å². The first-order valence-corrected chi connectivity index (χ1v) is 18.3. The molecule has 7 heteroatoms.